The molecule has 0 fully saturated rings. The van der Waals surface area contributed by atoms with Crippen LogP contribution in [0, 0.1) is 0 Å². The van der Waals surface area contributed by atoms with Gasteiger partial charge < -0.3 is 4.74 Å². The zero-order chi connectivity index (χ0) is 14.4. The van der Waals surface area contributed by atoms with Gasteiger partial charge in [0.2, 0.25) is 0 Å². The molecule has 0 N–H and O–H groups in total. The van der Waals surface area contributed by atoms with E-state index in [1.54, 1.807) is 6.08 Å². The first-order valence-electron chi connectivity index (χ1n) is 5.25. The fraction of sp³-hybridized carbons (Fsp3) is 0.0714. The predicted molar refractivity (Wildman–Crippen MR) is 88.0 cm³/mol. The van der Waals surface area contributed by atoms with Gasteiger partial charge in [0.15, 0.2) is 0 Å². The molecular formula is C14H11Br3O2. The van der Waals surface area contributed by atoms with Crippen molar-refractivity contribution in [3.05, 3.63) is 68.3 Å². The first kappa shape index (κ1) is 16.4. The first-order chi connectivity index (χ1) is 8.92. The molecule has 0 aromatic heterocycles. The first-order valence-corrected chi connectivity index (χ1v) is 7.63. The Labute approximate surface area is 137 Å². The Morgan fingerprint density at radius 3 is 2.63 bits per heavy atom. The number of allylic oxidation sites excluding steroid dienone is 3. The van der Waals surface area contributed by atoms with Gasteiger partial charge in [-0.3, -0.25) is 4.79 Å². The van der Waals surface area contributed by atoms with Crippen LogP contribution in [0.25, 0.3) is 0 Å². The zero-order valence-electron chi connectivity index (χ0n) is 9.96. The van der Waals surface area contributed by atoms with Crippen molar-refractivity contribution < 1.29 is 9.53 Å². The van der Waals surface area contributed by atoms with Crippen LogP contribution < -0.4 is 0 Å². The number of halogens is 3. The third-order valence-electron chi connectivity index (χ3n) is 2.07. The summed E-state index contributed by atoms with van der Waals surface area (Å²) in [6, 6.07) is 5.63. The summed E-state index contributed by atoms with van der Waals surface area (Å²) in [5, 5.41) is 0. The van der Waals surface area contributed by atoms with Crippen molar-refractivity contribution in [1.29, 1.82) is 0 Å². The summed E-state index contributed by atoms with van der Waals surface area (Å²) in [5.41, 5.74) is 0.848. The van der Waals surface area contributed by atoms with Crippen LogP contribution in [0.4, 0.5) is 0 Å². The lowest BCUT2D eigenvalue weighted by atomic mass is 10.1. The smallest absolute Gasteiger partial charge is 0.315 e. The molecule has 0 heterocycles. The number of carbonyl (C=O) groups excluding carboxylic acids is 1. The average molecular weight is 451 g/mol. The Bertz CT molecular complexity index is 548. The van der Waals surface area contributed by atoms with Crippen molar-refractivity contribution in [2.75, 3.05) is 0 Å². The van der Waals surface area contributed by atoms with Crippen LogP contribution in [0.3, 0.4) is 0 Å². The van der Waals surface area contributed by atoms with Crippen LogP contribution in [0.2, 0.25) is 0 Å². The number of benzene rings is 1. The van der Waals surface area contributed by atoms with Gasteiger partial charge in [-0.25, -0.2) is 0 Å². The van der Waals surface area contributed by atoms with E-state index in [2.05, 4.69) is 60.9 Å². The van der Waals surface area contributed by atoms with Crippen molar-refractivity contribution in [1.82, 2.24) is 0 Å². The van der Waals surface area contributed by atoms with Crippen molar-refractivity contribution in [2.45, 2.75) is 6.42 Å². The van der Waals surface area contributed by atoms with Crippen LogP contribution in [-0.2, 0) is 16.0 Å². The summed E-state index contributed by atoms with van der Waals surface area (Å²) < 4.78 is 7.57. The summed E-state index contributed by atoms with van der Waals surface area (Å²) >= 11 is 9.93. The molecule has 0 saturated heterocycles. The zero-order valence-corrected chi connectivity index (χ0v) is 14.7. The van der Waals surface area contributed by atoms with E-state index in [1.807, 2.05) is 18.2 Å². The number of esters is 1. The van der Waals surface area contributed by atoms with Crippen LogP contribution in [0.5, 0.6) is 0 Å². The molecule has 0 unspecified atom stereocenters. The Kier molecular flexibility index (Phi) is 6.75. The number of rotatable bonds is 5. The Morgan fingerprint density at radius 2 is 2.05 bits per heavy atom. The average Bonchev–Trinajstić information content (AvgIpc) is 2.32. The van der Waals surface area contributed by atoms with Gasteiger partial charge >= 0.3 is 5.97 Å². The third-order valence-corrected chi connectivity index (χ3v) is 3.57. The van der Waals surface area contributed by atoms with Gasteiger partial charge in [-0.2, -0.15) is 0 Å². The minimum atomic E-state index is -0.362. The molecule has 0 radical (unpaired) electrons. The minimum Gasteiger partial charge on any atom is -0.426 e. The molecule has 1 aromatic carbocycles. The molecule has 0 aliphatic heterocycles. The lowest BCUT2D eigenvalue weighted by Crippen LogP contribution is -2.07. The van der Waals surface area contributed by atoms with Gasteiger partial charge in [0, 0.05) is 13.4 Å². The second-order valence-corrected chi connectivity index (χ2v) is 6.37. The van der Waals surface area contributed by atoms with Gasteiger partial charge in [0.25, 0.3) is 0 Å². The van der Waals surface area contributed by atoms with E-state index in [-0.39, 0.29) is 12.4 Å². The van der Waals surface area contributed by atoms with Crippen LogP contribution >= 0.6 is 47.8 Å². The molecule has 5 heteroatoms. The highest BCUT2D eigenvalue weighted by Crippen LogP contribution is 2.22. The van der Waals surface area contributed by atoms with Crippen LogP contribution in [0.1, 0.15) is 5.56 Å². The molecule has 0 saturated carbocycles. The predicted octanol–water partition coefficient (Wildman–Crippen LogP) is 5.28. The highest BCUT2D eigenvalue weighted by atomic mass is 79.9. The monoisotopic (exact) mass is 448 g/mol. The highest BCUT2D eigenvalue weighted by molar-refractivity contribution is 9.12. The van der Waals surface area contributed by atoms with E-state index in [0.29, 0.717) is 10.2 Å². The van der Waals surface area contributed by atoms with E-state index < -0.39 is 0 Å². The van der Waals surface area contributed by atoms with Crippen molar-refractivity contribution in [3.63, 3.8) is 0 Å². The molecule has 0 bridgehead atoms. The number of ether oxygens (including phenoxy) is 1. The van der Waals surface area contributed by atoms with Crippen molar-refractivity contribution in [3.8, 4) is 0 Å². The van der Waals surface area contributed by atoms with Gasteiger partial charge in [-0.05, 0) is 35.9 Å². The minimum absolute atomic E-state index is 0.167. The number of hydrogen-bond donors (Lipinski definition) is 0. The second kappa shape index (κ2) is 7.82. The normalized spacial score (nSPS) is 11.0. The summed E-state index contributed by atoms with van der Waals surface area (Å²) in [7, 11) is 0. The maximum Gasteiger partial charge on any atom is 0.315 e. The fourth-order valence-corrected chi connectivity index (χ4v) is 2.31. The maximum atomic E-state index is 11.8. The van der Waals surface area contributed by atoms with Gasteiger partial charge in [0.05, 0.1) is 6.42 Å². The third kappa shape index (κ3) is 5.89. The van der Waals surface area contributed by atoms with E-state index >= 15 is 0 Å². The molecule has 0 spiro atoms. The highest BCUT2D eigenvalue weighted by Gasteiger charge is 2.10. The fourth-order valence-electron chi connectivity index (χ4n) is 1.29. The Hall–Kier alpha value is -0.650. The lowest BCUT2D eigenvalue weighted by molar-refractivity contribution is -0.138. The van der Waals surface area contributed by atoms with E-state index in [0.717, 1.165) is 14.5 Å². The van der Waals surface area contributed by atoms with Gasteiger partial charge in [-0.1, -0.05) is 60.9 Å². The summed E-state index contributed by atoms with van der Waals surface area (Å²) in [6.45, 7) is 7.23. The Morgan fingerprint density at radius 1 is 1.37 bits per heavy atom. The summed E-state index contributed by atoms with van der Waals surface area (Å²) in [5.74, 6) is -0.00306. The van der Waals surface area contributed by atoms with E-state index in [9.17, 15) is 4.79 Å². The molecule has 100 valence electrons. The SMILES string of the molecule is C=C/C(=C\C(=C)Br)OC(=O)Cc1cc(Br)ccc1Br. The van der Waals surface area contributed by atoms with Crippen LogP contribution in [-0.4, -0.2) is 5.97 Å². The van der Waals surface area contributed by atoms with Crippen molar-refractivity contribution in [2.24, 2.45) is 0 Å². The Balaban J connectivity index is 2.77. The number of carbonyl (C=O) groups is 1. The molecule has 0 atom stereocenters. The van der Waals surface area contributed by atoms with Crippen molar-refractivity contribution >= 4 is 53.8 Å². The number of hydrogen-bond acceptors (Lipinski definition) is 2. The molecule has 1 aromatic rings. The van der Waals surface area contributed by atoms with Gasteiger partial charge in [-0.15, -0.1) is 0 Å². The maximum absolute atomic E-state index is 11.8. The van der Waals surface area contributed by atoms with E-state index in [4.69, 9.17) is 4.74 Å². The topological polar surface area (TPSA) is 26.3 Å². The van der Waals surface area contributed by atoms with Crippen LogP contribution in [0.15, 0.2) is 62.7 Å². The lowest BCUT2D eigenvalue weighted by Gasteiger charge is -2.07. The molecule has 0 aliphatic carbocycles. The molecule has 19 heavy (non-hydrogen) atoms. The molecule has 0 amide bonds. The molecular weight excluding hydrogens is 440 g/mol. The molecule has 0 aliphatic rings. The standard InChI is InChI=1S/C14H11Br3O2/c1-3-12(6-9(2)15)19-14(18)8-10-7-11(16)4-5-13(10)17/h3-7H,1-2,8H2/b12-6+. The second-order valence-electron chi connectivity index (χ2n) is 3.58. The largest absolute Gasteiger partial charge is 0.426 e. The quantitative estimate of drug-likeness (QED) is 0.347. The summed E-state index contributed by atoms with van der Waals surface area (Å²) in [6.07, 6.45) is 3.21. The summed E-state index contributed by atoms with van der Waals surface area (Å²) in [4.78, 5) is 11.8. The van der Waals surface area contributed by atoms with Gasteiger partial charge in [0.1, 0.15) is 5.76 Å². The molecule has 1 rings (SSSR count). The van der Waals surface area contributed by atoms with E-state index in [1.165, 1.54) is 6.08 Å². The molecule has 2 nitrogen and oxygen atoms in total.